The third-order valence-corrected chi connectivity index (χ3v) is 7.21. The smallest absolute Gasteiger partial charge is 0.328 e. The zero-order chi connectivity index (χ0) is 34.7. The molecule has 0 spiro atoms. The van der Waals surface area contributed by atoms with Crippen molar-refractivity contribution in [3.05, 3.63) is 0 Å². The summed E-state index contributed by atoms with van der Waals surface area (Å²) in [6, 6.07) is -5.90. The van der Waals surface area contributed by atoms with E-state index < -0.39 is 103 Å². The molecule has 6 unspecified atom stereocenters. The van der Waals surface area contributed by atoms with Crippen LogP contribution < -0.4 is 43.4 Å². The van der Waals surface area contributed by atoms with Crippen LogP contribution >= 0.6 is 12.6 Å². The molecule has 0 radical (unpaired) electrons. The topological polar surface area (TPSA) is 284 Å². The lowest BCUT2D eigenvalue weighted by Crippen LogP contribution is -2.61. The minimum atomic E-state index is -1.57. The van der Waals surface area contributed by atoms with Crippen molar-refractivity contribution >= 4 is 54.0 Å². The number of hydrogen-bond donors (Lipinski definition) is 11. The first kappa shape index (κ1) is 41.5. The van der Waals surface area contributed by atoms with Gasteiger partial charge in [-0.25, -0.2) is 4.79 Å². The van der Waals surface area contributed by atoms with Gasteiger partial charge >= 0.3 is 5.97 Å². The number of carbonyl (C=O) groups is 7. The Balaban J connectivity index is 5.16. The van der Waals surface area contributed by atoms with Crippen molar-refractivity contribution < 1.29 is 43.8 Å². The first-order valence-electron chi connectivity index (χ1n) is 14.8. The van der Waals surface area contributed by atoms with Gasteiger partial charge in [-0.3, -0.25) is 28.8 Å². The van der Waals surface area contributed by atoms with Gasteiger partial charge in [-0.1, -0.05) is 40.5 Å². The quantitative estimate of drug-likeness (QED) is 0.0397. The lowest BCUT2D eigenvalue weighted by atomic mass is 9.96. The Kier molecular flexibility index (Phi) is 20.4. The van der Waals surface area contributed by atoms with E-state index in [1.807, 2.05) is 0 Å². The first-order chi connectivity index (χ1) is 21.1. The van der Waals surface area contributed by atoms with Gasteiger partial charge in [0, 0.05) is 5.75 Å². The van der Waals surface area contributed by atoms with Crippen LogP contribution in [0.2, 0.25) is 0 Å². The summed E-state index contributed by atoms with van der Waals surface area (Å²) < 4.78 is 0. The molecular formula is C27H50N8O9S. The molecule has 258 valence electrons. The number of nitrogens with one attached hydrogen (secondary N) is 6. The van der Waals surface area contributed by atoms with E-state index in [1.54, 1.807) is 27.7 Å². The number of rotatable bonds is 22. The number of nitrogens with two attached hydrogens (primary N) is 2. The molecule has 0 aliphatic heterocycles. The van der Waals surface area contributed by atoms with Crippen LogP contribution in [0.4, 0.5) is 0 Å². The van der Waals surface area contributed by atoms with Gasteiger partial charge in [0.2, 0.25) is 35.4 Å². The molecule has 0 aromatic carbocycles. The van der Waals surface area contributed by atoms with E-state index in [1.165, 1.54) is 0 Å². The third kappa shape index (κ3) is 15.9. The van der Waals surface area contributed by atoms with Gasteiger partial charge in [-0.2, -0.15) is 12.6 Å². The van der Waals surface area contributed by atoms with Gasteiger partial charge in [-0.05, 0) is 31.2 Å². The zero-order valence-corrected chi connectivity index (χ0v) is 27.2. The lowest BCUT2D eigenvalue weighted by Gasteiger charge is -2.29. The second-order valence-electron chi connectivity index (χ2n) is 10.9. The molecule has 0 aromatic rings. The molecule has 0 aliphatic rings. The lowest BCUT2D eigenvalue weighted by molar-refractivity contribution is -0.143. The predicted octanol–water partition coefficient (Wildman–Crippen LogP) is -3.68. The molecule has 17 nitrogen and oxygen atoms in total. The monoisotopic (exact) mass is 662 g/mol. The summed E-state index contributed by atoms with van der Waals surface area (Å²) in [5.74, 6) is -6.75. The highest BCUT2D eigenvalue weighted by atomic mass is 32.1. The largest absolute Gasteiger partial charge is 0.480 e. The summed E-state index contributed by atoms with van der Waals surface area (Å²) in [6.45, 7) is 5.42. The van der Waals surface area contributed by atoms with E-state index in [2.05, 4.69) is 44.5 Å². The third-order valence-electron chi connectivity index (χ3n) is 6.85. The van der Waals surface area contributed by atoms with Crippen LogP contribution in [0.3, 0.4) is 0 Å². The molecule has 45 heavy (non-hydrogen) atoms. The van der Waals surface area contributed by atoms with Crippen LogP contribution in [0.5, 0.6) is 0 Å². The highest BCUT2D eigenvalue weighted by Crippen LogP contribution is 2.11. The number of unbranched alkanes of at least 4 members (excludes halogenated alkanes) is 1. The molecule has 12 N–H and O–H groups in total. The molecule has 6 atom stereocenters. The Morgan fingerprint density at radius 1 is 0.756 bits per heavy atom. The van der Waals surface area contributed by atoms with Crippen molar-refractivity contribution in [2.24, 2.45) is 23.3 Å². The van der Waals surface area contributed by atoms with Crippen molar-refractivity contribution in [1.82, 2.24) is 31.9 Å². The van der Waals surface area contributed by atoms with Crippen molar-refractivity contribution in [2.75, 3.05) is 32.0 Å². The fourth-order valence-corrected chi connectivity index (χ4v) is 4.06. The summed E-state index contributed by atoms with van der Waals surface area (Å²) in [5.41, 5.74) is 11.2. The highest BCUT2D eigenvalue weighted by molar-refractivity contribution is 7.80. The summed E-state index contributed by atoms with van der Waals surface area (Å²) in [6.07, 6.45) is 2.22. The number of carboxylic acids is 1. The Hall–Kier alpha value is -3.48. The molecule has 0 fully saturated rings. The van der Waals surface area contributed by atoms with E-state index in [9.17, 15) is 38.7 Å². The summed E-state index contributed by atoms with van der Waals surface area (Å²) in [4.78, 5) is 86.7. The average Bonchev–Trinajstić information content (AvgIpc) is 3.00. The van der Waals surface area contributed by atoms with Crippen LogP contribution in [-0.2, 0) is 33.6 Å². The number of aliphatic carboxylic acids is 1. The van der Waals surface area contributed by atoms with Gasteiger partial charge in [0.05, 0.1) is 25.7 Å². The van der Waals surface area contributed by atoms with Crippen molar-refractivity contribution in [1.29, 1.82) is 0 Å². The van der Waals surface area contributed by atoms with Crippen LogP contribution in [-0.4, -0.2) is 114 Å². The van der Waals surface area contributed by atoms with Crippen LogP contribution in [0, 0.1) is 11.8 Å². The Morgan fingerprint density at radius 2 is 1.33 bits per heavy atom. The second kappa shape index (κ2) is 22.1. The number of thiol groups is 1. The molecule has 0 saturated carbocycles. The van der Waals surface area contributed by atoms with Crippen LogP contribution in [0.25, 0.3) is 0 Å². The fourth-order valence-electron chi connectivity index (χ4n) is 3.80. The SMILES string of the molecule is CCC(C)C(NC(=O)C(NC(=O)C(CS)NC(=O)CNC(=O)CNC(=O)C(N)CCCCN)C(C)C)C(=O)NC(CO)C(=O)O. The molecule has 0 aliphatic carbocycles. The van der Waals surface area contributed by atoms with Gasteiger partial charge < -0.3 is 53.6 Å². The minimum Gasteiger partial charge on any atom is -0.480 e. The average molecular weight is 663 g/mol. The van der Waals surface area contributed by atoms with Crippen LogP contribution in [0.1, 0.15) is 53.4 Å². The second-order valence-corrected chi connectivity index (χ2v) is 11.2. The molecule has 0 rings (SSSR count). The molecule has 0 bridgehead atoms. The maximum Gasteiger partial charge on any atom is 0.328 e. The van der Waals surface area contributed by atoms with Crippen molar-refractivity contribution in [2.45, 2.75) is 83.6 Å². The predicted molar refractivity (Wildman–Crippen MR) is 167 cm³/mol. The number of aliphatic hydroxyl groups excluding tert-OH is 1. The first-order valence-corrected chi connectivity index (χ1v) is 15.4. The standard InChI is InChI=1S/C27H50N8O9S/c1-5-15(4)22(26(42)33-17(12-36)27(43)44)35-25(41)21(14(2)3)34-24(40)18(13-45)32-20(38)11-30-19(37)10-31-23(39)16(29)8-6-7-9-28/h14-18,21-22,36,45H,5-13,28-29H2,1-4H3,(H,30,37)(H,31,39)(H,32,38)(H,33,42)(H,34,40)(H,35,41)(H,43,44). The van der Waals surface area contributed by atoms with E-state index in [0.29, 0.717) is 32.2 Å². The molecular weight excluding hydrogens is 612 g/mol. The van der Waals surface area contributed by atoms with Gasteiger partial charge in [0.25, 0.3) is 0 Å². The van der Waals surface area contributed by atoms with E-state index in [4.69, 9.17) is 16.6 Å². The summed E-state index contributed by atoms with van der Waals surface area (Å²) in [5, 5.41) is 32.8. The molecule has 0 saturated heterocycles. The van der Waals surface area contributed by atoms with Gasteiger partial charge in [-0.15, -0.1) is 0 Å². The summed E-state index contributed by atoms with van der Waals surface area (Å²) >= 11 is 4.10. The summed E-state index contributed by atoms with van der Waals surface area (Å²) in [7, 11) is 0. The van der Waals surface area contributed by atoms with Crippen molar-refractivity contribution in [3.63, 3.8) is 0 Å². The van der Waals surface area contributed by atoms with E-state index in [-0.39, 0.29) is 5.75 Å². The molecule has 0 aromatic heterocycles. The van der Waals surface area contributed by atoms with Crippen molar-refractivity contribution in [3.8, 4) is 0 Å². The van der Waals surface area contributed by atoms with Gasteiger partial charge in [0.15, 0.2) is 0 Å². The molecule has 0 heterocycles. The number of carboxylic acid groups (broad SMARTS) is 1. The number of amides is 6. The highest BCUT2D eigenvalue weighted by Gasteiger charge is 2.34. The van der Waals surface area contributed by atoms with Gasteiger partial charge in [0.1, 0.15) is 24.2 Å². The normalized spacial score (nSPS) is 15.0. The van der Waals surface area contributed by atoms with E-state index in [0.717, 1.165) is 0 Å². The Morgan fingerprint density at radius 3 is 1.84 bits per heavy atom. The fraction of sp³-hybridized carbons (Fsp3) is 0.741. The number of aliphatic hydroxyl groups is 1. The molecule has 6 amide bonds. The number of carbonyl (C=O) groups excluding carboxylic acids is 6. The Labute approximate surface area is 268 Å². The maximum atomic E-state index is 13.2. The zero-order valence-electron chi connectivity index (χ0n) is 26.3. The molecule has 18 heteroatoms. The Bertz CT molecular complexity index is 1020. The number of hydrogen-bond acceptors (Lipinski definition) is 11. The maximum absolute atomic E-state index is 13.2. The van der Waals surface area contributed by atoms with Crippen LogP contribution in [0.15, 0.2) is 0 Å². The van der Waals surface area contributed by atoms with E-state index >= 15 is 0 Å². The minimum absolute atomic E-state index is 0.161.